The van der Waals surface area contributed by atoms with E-state index in [4.69, 9.17) is 0 Å². The topological polar surface area (TPSA) is 72.7 Å². The molecule has 2 heterocycles. The molecule has 6 nitrogen and oxygen atoms in total. The number of anilines is 1. The standard InChI is InChI=1S/C20H21N5OS/c1-4-12-25-18(16-6-5-11-21-13-16)23-24-20(25)27-15(3)19(26)22-17-9-7-14(2)8-10-17/h4-11,13,15H,1,12H2,2-3H3,(H,22,26)/t15-/m0/s1. The maximum Gasteiger partial charge on any atom is 0.237 e. The van der Waals surface area contributed by atoms with Crippen LogP contribution >= 0.6 is 11.8 Å². The molecule has 0 saturated carbocycles. The van der Waals surface area contributed by atoms with Gasteiger partial charge < -0.3 is 5.32 Å². The SMILES string of the molecule is C=CCn1c(S[C@@H](C)C(=O)Nc2ccc(C)cc2)nnc1-c1cccnc1. The van der Waals surface area contributed by atoms with Crippen LogP contribution in [0.1, 0.15) is 12.5 Å². The van der Waals surface area contributed by atoms with E-state index in [9.17, 15) is 4.79 Å². The van der Waals surface area contributed by atoms with Crippen LogP contribution in [0.15, 0.2) is 66.6 Å². The summed E-state index contributed by atoms with van der Waals surface area (Å²) in [6, 6.07) is 11.5. The first-order valence-electron chi connectivity index (χ1n) is 8.57. The minimum atomic E-state index is -0.333. The normalized spacial score (nSPS) is 11.8. The van der Waals surface area contributed by atoms with Crippen LogP contribution in [0.4, 0.5) is 5.69 Å². The van der Waals surface area contributed by atoms with Gasteiger partial charge in [0.25, 0.3) is 0 Å². The second-order valence-electron chi connectivity index (χ2n) is 6.06. The highest BCUT2D eigenvalue weighted by atomic mass is 32.2. The molecule has 1 N–H and O–H groups in total. The summed E-state index contributed by atoms with van der Waals surface area (Å²) in [6.07, 6.45) is 5.24. The number of nitrogens with zero attached hydrogens (tertiary/aromatic N) is 4. The first-order chi connectivity index (χ1) is 13.1. The molecule has 0 aliphatic heterocycles. The van der Waals surface area contributed by atoms with E-state index in [1.165, 1.54) is 11.8 Å². The van der Waals surface area contributed by atoms with Crippen LogP contribution in [0.3, 0.4) is 0 Å². The van der Waals surface area contributed by atoms with Crippen LogP contribution in [0.2, 0.25) is 0 Å². The number of thioether (sulfide) groups is 1. The summed E-state index contributed by atoms with van der Waals surface area (Å²) in [6.45, 7) is 8.22. The molecule has 0 unspecified atom stereocenters. The van der Waals surface area contributed by atoms with E-state index in [-0.39, 0.29) is 11.2 Å². The van der Waals surface area contributed by atoms with Gasteiger partial charge in [-0.2, -0.15) is 0 Å². The zero-order valence-electron chi connectivity index (χ0n) is 15.3. The monoisotopic (exact) mass is 379 g/mol. The van der Waals surface area contributed by atoms with Crippen molar-refractivity contribution in [2.75, 3.05) is 5.32 Å². The molecule has 3 aromatic rings. The zero-order chi connectivity index (χ0) is 19.2. The van der Waals surface area contributed by atoms with E-state index in [0.717, 1.165) is 16.8 Å². The number of amides is 1. The molecule has 1 atom stereocenters. The Morgan fingerprint density at radius 2 is 2.07 bits per heavy atom. The van der Waals surface area contributed by atoms with E-state index < -0.39 is 0 Å². The van der Waals surface area contributed by atoms with E-state index in [2.05, 4.69) is 27.1 Å². The predicted molar refractivity (Wildman–Crippen MR) is 109 cm³/mol. The Morgan fingerprint density at radius 1 is 1.30 bits per heavy atom. The van der Waals surface area contributed by atoms with Crippen LogP contribution in [0.5, 0.6) is 0 Å². The molecule has 7 heteroatoms. The number of aryl methyl sites for hydroxylation is 1. The second kappa shape index (κ2) is 8.64. The molecule has 0 aliphatic carbocycles. The molecule has 0 fully saturated rings. The number of carbonyl (C=O) groups excluding carboxylic acids is 1. The Bertz CT molecular complexity index is 921. The van der Waals surface area contributed by atoms with E-state index in [1.807, 2.05) is 54.8 Å². The summed E-state index contributed by atoms with van der Waals surface area (Å²) in [5, 5.41) is 11.8. The van der Waals surface area contributed by atoms with Crippen molar-refractivity contribution in [1.82, 2.24) is 19.7 Å². The second-order valence-corrected chi connectivity index (χ2v) is 7.37. The largest absolute Gasteiger partial charge is 0.325 e. The van der Waals surface area contributed by atoms with E-state index >= 15 is 0 Å². The number of hydrogen-bond donors (Lipinski definition) is 1. The van der Waals surface area contributed by atoms with Gasteiger partial charge in [-0.25, -0.2) is 0 Å². The number of rotatable bonds is 7. The number of allylic oxidation sites excluding steroid dienone is 1. The summed E-state index contributed by atoms with van der Waals surface area (Å²) in [7, 11) is 0. The minimum absolute atomic E-state index is 0.0834. The lowest BCUT2D eigenvalue weighted by Crippen LogP contribution is -2.23. The number of pyridine rings is 1. The molecule has 0 spiro atoms. The Labute approximate surface area is 162 Å². The van der Waals surface area contributed by atoms with Crippen molar-refractivity contribution in [1.29, 1.82) is 0 Å². The third-order valence-corrected chi connectivity index (χ3v) is 5.00. The highest BCUT2D eigenvalue weighted by molar-refractivity contribution is 8.00. The first kappa shape index (κ1) is 18.8. The fourth-order valence-electron chi connectivity index (χ4n) is 2.47. The van der Waals surface area contributed by atoms with E-state index in [0.29, 0.717) is 17.5 Å². The summed E-state index contributed by atoms with van der Waals surface area (Å²) in [5.41, 5.74) is 2.80. The number of aromatic nitrogens is 4. The number of hydrogen-bond acceptors (Lipinski definition) is 5. The maximum absolute atomic E-state index is 12.5. The lowest BCUT2D eigenvalue weighted by molar-refractivity contribution is -0.115. The van der Waals surface area contributed by atoms with Crippen LogP contribution < -0.4 is 5.32 Å². The molecule has 138 valence electrons. The van der Waals surface area contributed by atoms with Crippen molar-refractivity contribution in [3.8, 4) is 11.4 Å². The molecule has 2 aromatic heterocycles. The van der Waals surface area contributed by atoms with Crippen molar-refractivity contribution in [2.24, 2.45) is 0 Å². The van der Waals surface area contributed by atoms with Gasteiger partial charge in [0.2, 0.25) is 5.91 Å². The van der Waals surface area contributed by atoms with Crippen molar-refractivity contribution < 1.29 is 4.79 Å². The summed E-state index contributed by atoms with van der Waals surface area (Å²) in [5.74, 6) is 0.622. The average molecular weight is 379 g/mol. The molecule has 0 bridgehead atoms. The Morgan fingerprint density at radius 3 is 2.74 bits per heavy atom. The molecule has 0 saturated heterocycles. The summed E-state index contributed by atoms with van der Waals surface area (Å²) >= 11 is 1.37. The molecule has 0 radical (unpaired) electrons. The van der Waals surface area contributed by atoms with Gasteiger partial charge in [-0.3, -0.25) is 14.3 Å². The Hall–Kier alpha value is -2.93. The van der Waals surface area contributed by atoms with Crippen LogP contribution in [-0.2, 0) is 11.3 Å². The molecule has 1 amide bonds. The van der Waals surface area contributed by atoms with Gasteiger partial charge >= 0.3 is 0 Å². The van der Waals surface area contributed by atoms with Crippen molar-refractivity contribution in [3.05, 3.63) is 67.0 Å². The maximum atomic E-state index is 12.5. The quantitative estimate of drug-likeness (QED) is 0.497. The molecule has 1 aromatic carbocycles. The highest BCUT2D eigenvalue weighted by Crippen LogP contribution is 2.27. The number of benzene rings is 1. The zero-order valence-corrected chi connectivity index (χ0v) is 16.1. The van der Waals surface area contributed by atoms with Crippen LogP contribution in [-0.4, -0.2) is 30.9 Å². The first-order valence-corrected chi connectivity index (χ1v) is 9.45. The molecular formula is C20H21N5OS. The fourth-order valence-corrected chi connectivity index (χ4v) is 3.33. The number of carbonyl (C=O) groups is 1. The van der Waals surface area contributed by atoms with Gasteiger partial charge in [0.05, 0.1) is 5.25 Å². The fraction of sp³-hybridized carbons (Fsp3) is 0.200. The summed E-state index contributed by atoms with van der Waals surface area (Å²) < 4.78 is 1.93. The van der Waals surface area contributed by atoms with E-state index in [1.54, 1.807) is 18.5 Å². The van der Waals surface area contributed by atoms with Gasteiger partial charge in [-0.1, -0.05) is 35.5 Å². The molecule has 27 heavy (non-hydrogen) atoms. The van der Waals surface area contributed by atoms with Gasteiger partial charge in [0.15, 0.2) is 11.0 Å². The van der Waals surface area contributed by atoms with Crippen molar-refractivity contribution in [2.45, 2.75) is 30.8 Å². The third-order valence-electron chi connectivity index (χ3n) is 3.92. The molecule has 0 aliphatic rings. The van der Waals surface area contributed by atoms with Gasteiger partial charge in [-0.05, 0) is 38.1 Å². The molecular weight excluding hydrogens is 358 g/mol. The average Bonchev–Trinajstić information content (AvgIpc) is 3.07. The smallest absolute Gasteiger partial charge is 0.237 e. The Kier molecular flexibility index (Phi) is 6.03. The van der Waals surface area contributed by atoms with Gasteiger partial charge in [-0.15, -0.1) is 16.8 Å². The predicted octanol–water partition coefficient (Wildman–Crippen LogP) is 3.95. The number of nitrogens with one attached hydrogen (secondary N) is 1. The van der Waals surface area contributed by atoms with Gasteiger partial charge in [0.1, 0.15) is 0 Å². The lowest BCUT2D eigenvalue weighted by atomic mass is 10.2. The highest BCUT2D eigenvalue weighted by Gasteiger charge is 2.20. The third kappa shape index (κ3) is 4.62. The van der Waals surface area contributed by atoms with Gasteiger partial charge in [0, 0.05) is 30.2 Å². The molecule has 3 rings (SSSR count). The van der Waals surface area contributed by atoms with Crippen molar-refractivity contribution >= 4 is 23.4 Å². The van der Waals surface area contributed by atoms with Crippen molar-refractivity contribution in [3.63, 3.8) is 0 Å². The van der Waals surface area contributed by atoms with Crippen LogP contribution in [0, 0.1) is 6.92 Å². The Balaban J connectivity index is 1.76. The lowest BCUT2D eigenvalue weighted by Gasteiger charge is -2.13. The van der Waals surface area contributed by atoms with Crippen LogP contribution in [0.25, 0.3) is 11.4 Å². The minimum Gasteiger partial charge on any atom is -0.325 e. The summed E-state index contributed by atoms with van der Waals surface area (Å²) in [4.78, 5) is 16.7.